The van der Waals surface area contributed by atoms with E-state index < -0.39 is 5.97 Å². The lowest BCUT2D eigenvalue weighted by atomic mass is 10.1. The summed E-state index contributed by atoms with van der Waals surface area (Å²) in [6.45, 7) is 3.17. The van der Waals surface area contributed by atoms with E-state index in [2.05, 4.69) is 23.1 Å². The summed E-state index contributed by atoms with van der Waals surface area (Å²) in [5.41, 5.74) is 3.39. The van der Waals surface area contributed by atoms with Gasteiger partial charge in [0.2, 0.25) is 0 Å². The first-order chi connectivity index (χ1) is 9.63. The molecular weight excluding hydrogens is 250 g/mol. The predicted octanol–water partition coefficient (Wildman–Crippen LogP) is 3.47. The van der Waals surface area contributed by atoms with Crippen LogP contribution >= 0.6 is 0 Å². The Labute approximate surface area is 119 Å². The molecule has 0 aliphatic heterocycles. The van der Waals surface area contributed by atoms with E-state index in [0.29, 0.717) is 6.04 Å². The summed E-state index contributed by atoms with van der Waals surface area (Å²) < 4.78 is 0. The number of aliphatic carboxylic acids is 1. The summed E-state index contributed by atoms with van der Waals surface area (Å²) in [5, 5.41) is 8.85. The molecule has 1 N–H and O–H groups in total. The molecule has 0 spiro atoms. The molecule has 106 valence electrons. The molecule has 0 atom stereocenters. The lowest BCUT2D eigenvalue weighted by Crippen LogP contribution is -2.28. The summed E-state index contributed by atoms with van der Waals surface area (Å²) in [4.78, 5) is 13.3. The van der Waals surface area contributed by atoms with Crippen molar-refractivity contribution in [1.82, 2.24) is 0 Å². The molecule has 0 aromatic heterocycles. The van der Waals surface area contributed by atoms with Gasteiger partial charge < -0.3 is 10.0 Å². The third-order valence-corrected chi connectivity index (χ3v) is 4.04. The second-order valence-electron chi connectivity index (χ2n) is 6.06. The van der Waals surface area contributed by atoms with Crippen LogP contribution in [0.5, 0.6) is 0 Å². The number of anilines is 1. The fraction of sp³-hybridized carbons (Fsp3) is 0.471. The number of hydrogen-bond acceptors (Lipinski definition) is 2. The van der Waals surface area contributed by atoms with Gasteiger partial charge in [-0.2, -0.15) is 0 Å². The van der Waals surface area contributed by atoms with Gasteiger partial charge in [-0.25, -0.2) is 4.79 Å². The maximum Gasteiger partial charge on any atom is 0.328 e. The molecule has 0 saturated heterocycles. The van der Waals surface area contributed by atoms with Gasteiger partial charge in [-0.05, 0) is 62.3 Å². The fourth-order valence-electron chi connectivity index (χ4n) is 2.64. The lowest BCUT2D eigenvalue weighted by molar-refractivity contribution is -0.131. The minimum Gasteiger partial charge on any atom is -0.478 e. The maximum atomic E-state index is 10.8. The second kappa shape index (κ2) is 5.31. The zero-order valence-corrected chi connectivity index (χ0v) is 11.9. The molecule has 0 radical (unpaired) electrons. The Morgan fingerprint density at radius 2 is 2.10 bits per heavy atom. The molecular formula is C17H21NO2. The molecule has 2 fully saturated rings. The van der Waals surface area contributed by atoms with E-state index in [-0.39, 0.29) is 0 Å². The number of carboxylic acid groups (broad SMARTS) is 1. The number of carboxylic acids is 1. The van der Waals surface area contributed by atoms with Gasteiger partial charge >= 0.3 is 5.97 Å². The Morgan fingerprint density at radius 1 is 1.35 bits per heavy atom. The minimum absolute atomic E-state index is 0.662. The van der Waals surface area contributed by atoms with Crippen LogP contribution in [0.1, 0.15) is 36.8 Å². The summed E-state index contributed by atoms with van der Waals surface area (Å²) in [6, 6.07) is 7.01. The van der Waals surface area contributed by atoms with Crippen molar-refractivity contribution in [3.05, 3.63) is 35.4 Å². The van der Waals surface area contributed by atoms with E-state index in [0.717, 1.165) is 18.0 Å². The molecule has 2 aliphatic rings. The van der Waals surface area contributed by atoms with Crippen LogP contribution in [-0.4, -0.2) is 23.7 Å². The van der Waals surface area contributed by atoms with Crippen molar-refractivity contribution >= 4 is 17.7 Å². The zero-order valence-electron chi connectivity index (χ0n) is 11.9. The van der Waals surface area contributed by atoms with Crippen LogP contribution in [0, 0.1) is 12.8 Å². The van der Waals surface area contributed by atoms with Crippen LogP contribution in [0.2, 0.25) is 0 Å². The summed E-state index contributed by atoms with van der Waals surface area (Å²) in [6.07, 6.45) is 8.18. The Kier molecular flexibility index (Phi) is 3.51. The van der Waals surface area contributed by atoms with Crippen molar-refractivity contribution in [3.63, 3.8) is 0 Å². The molecule has 2 saturated carbocycles. The zero-order chi connectivity index (χ0) is 14.1. The number of carbonyl (C=O) groups is 1. The van der Waals surface area contributed by atoms with E-state index in [1.54, 1.807) is 6.08 Å². The molecule has 3 nitrogen and oxygen atoms in total. The van der Waals surface area contributed by atoms with Gasteiger partial charge in [-0.1, -0.05) is 11.6 Å². The lowest BCUT2D eigenvalue weighted by Gasteiger charge is -2.27. The number of nitrogens with zero attached hydrogens (tertiary/aromatic N) is 1. The number of aryl methyl sites for hydroxylation is 1. The minimum atomic E-state index is -0.891. The highest BCUT2D eigenvalue weighted by atomic mass is 16.4. The van der Waals surface area contributed by atoms with Gasteiger partial charge in [0.15, 0.2) is 0 Å². The Balaban J connectivity index is 1.90. The molecule has 0 heterocycles. The maximum absolute atomic E-state index is 10.8. The predicted molar refractivity (Wildman–Crippen MR) is 80.9 cm³/mol. The summed E-state index contributed by atoms with van der Waals surface area (Å²) in [5.74, 6) is -0.0502. The average molecular weight is 271 g/mol. The highest BCUT2D eigenvalue weighted by Crippen LogP contribution is 2.39. The van der Waals surface area contributed by atoms with E-state index >= 15 is 0 Å². The van der Waals surface area contributed by atoms with Crippen molar-refractivity contribution in [2.24, 2.45) is 5.92 Å². The van der Waals surface area contributed by atoms with Crippen LogP contribution in [0.25, 0.3) is 6.08 Å². The van der Waals surface area contributed by atoms with Gasteiger partial charge in [-0.15, -0.1) is 0 Å². The van der Waals surface area contributed by atoms with Crippen LogP contribution in [0.4, 0.5) is 5.69 Å². The SMILES string of the molecule is Cc1ccc(N(CC2CC2)C2CC2)c(/C=C/C(=O)O)c1. The van der Waals surface area contributed by atoms with Gasteiger partial charge in [0.1, 0.15) is 0 Å². The van der Waals surface area contributed by atoms with Crippen molar-refractivity contribution < 1.29 is 9.90 Å². The van der Waals surface area contributed by atoms with Crippen LogP contribution in [0.3, 0.4) is 0 Å². The molecule has 1 aromatic rings. The molecule has 1 aromatic carbocycles. The van der Waals surface area contributed by atoms with E-state index in [9.17, 15) is 4.79 Å². The topological polar surface area (TPSA) is 40.5 Å². The molecule has 2 aliphatic carbocycles. The average Bonchev–Trinajstić information content (AvgIpc) is 3.26. The smallest absolute Gasteiger partial charge is 0.328 e. The molecule has 3 rings (SSSR count). The molecule has 20 heavy (non-hydrogen) atoms. The van der Waals surface area contributed by atoms with Crippen molar-refractivity contribution in [2.75, 3.05) is 11.4 Å². The van der Waals surface area contributed by atoms with Gasteiger partial charge in [-0.3, -0.25) is 0 Å². The monoisotopic (exact) mass is 271 g/mol. The van der Waals surface area contributed by atoms with E-state index in [1.165, 1.54) is 43.0 Å². The molecule has 0 unspecified atom stereocenters. The summed E-state index contributed by atoms with van der Waals surface area (Å²) >= 11 is 0. The highest BCUT2D eigenvalue weighted by molar-refractivity contribution is 5.87. The Bertz CT molecular complexity index is 542. The first-order valence-corrected chi connectivity index (χ1v) is 7.42. The van der Waals surface area contributed by atoms with Crippen LogP contribution < -0.4 is 4.90 Å². The van der Waals surface area contributed by atoms with Gasteiger partial charge in [0, 0.05) is 24.4 Å². The van der Waals surface area contributed by atoms with E-state index in [1.807, 2.05) is 6.92 Å². The Hall–Kier alpha value is -1.77. The van der Waals surface area contributed by atoms with Crippen molar-refractivity contribution in [1.29, 1.82) is 0 Å². The van der Waals surface area contributed by atoms with Crippen molar-refractivity contribution in [3.8, 4) is 0 Å². The van der Waals surface area contributed by atoms with Crippen LogP contribution in [-0.2, 0) is 4.79 Å². The van der Waals surface area contributed by atoms with Gasteiger partial charge in [0.05, 0.1) is 0 Å². The number of rotatable bonds is 6. The third-order valence-electron chi connectivity index (χ3n) is 4.04. The highest BCUT2D eigenvalue weighted by Gasteiger charge is 2.34. The first kappa shape index (κ1) is 13.2. The van der Waals surface area contributed by atoms with Crippen LogP contribution in [0.15, 0.2) is 24.3 Å². The van der Waals surface area contributed by atoms with E-state index in [4.69, 9.17) is 5.11 Å². The second-order valence-corrected chi connectivity index (χ2v) is 6.06. The normalized spacial score (nSPS) is 18.4. The molecule has 0 amide bonds. The number of hydrogen-bond donors (Lipinski definition) is 1. The first-order valence-electron chi connectivity index (χ1n) is 7.42. The third kappa shape index (κ3) is 3.21. The van der Waals surface area contributed by atoms with Crippen molar-refractivity contribution in [2.45, 2.75) is 38.6 Å². The molecule has 0 bridgehead atoms. The quantitative estimate of drug-likeness (QED) is 0.805. The summed E-state index contributed by atoms with van der Waals surface area (Å²) in [7, 11) is 0. The standard InChI is InChI=1S/C17H21NO2/c1-12-2-8-16(14(10-12)5-9-17(19)20)18(15-6-7-15)11-13-3-4-13/h2,5,8-10,13,15H,3-4,6-7,11H2,1H3,(H,19,20)/b9-5+. The largest absolute Gasteiger partial charge is 0.478 e. The fourth-order valence-corrected chi connectivity index (χ4v) is 2.64. The Morgan fingerprint density at radius 3 is 2.70 bits per heavy atom. The van der Waals surface area contributed by atoms with Gasteiger partial charge in [0.25, 0.3) is 0 Å². The number of benzene rings is 1. The molecule has 3 heteroatoms.